The Bertz CT molecular complexity index is 582. The molecule has 0 amide bonds. The molecule has 0 aromatic rings. The zero-order valence-corrected chi connectivity index (χ0v) is 9.63. The van der Waals surface area contributed by atoms with Crippen LogP contribution in [0.1, 0.15) is 2.74 Å². The van der Waals surface area contributed by atoms with Gasteiger partial charge in [-0.15, -0.1) is 0 Å². The first-order valence-corrected chi connectivity index (χ1v) is 5.58. The maximum atomic E-state index is 10.0. The second-order valence-electron chi connectivity index (χ2n) is 4.21. The fraction of sp³-hybridized carbons (Fsp3) is 0.600. The number of aliphatic hydroxyl groups excluding tert-OH is 3. The van der Waals surface area contributed by atoms with Crippen molar-refractivity contribution < 1.29 is 22.8 Å². The molecule has 1 saturated heterocycles. The van der Waals surface area contributed by atoms with Crippen LogP contribution in [-0.2, 0) is 4.74 Å². The average molecular weight is 271 g/mol. The lowest BCUT2D eigenvalue weighted by atomic mass is 10.1. The van der Waals surface area contributed by atoms with E-state index in [1.165, 1.54) is 0 Å². The number of aliphatic hydroxyl groups is 3. The normalized spacial score (nSPS) is 46.7. The second kappa shape index (κ2) is 4.46. The lowest BCUT2D eigenvalue weighted by molar-refractivity contribution is -0.0509. The lowest BCUT2D eigenvalue weighted by Gasteiger charge is -2.27. The summed E-state index contributed by atoms with van der Waals surface area (Å²) in [6.07, 6.45) is -4.39. The number of fused-ring (bicyclic) bond motifs is 1. The van der Waals surface area contributed by atoms with Crippen molar-refractivity contribution in [2.75, 3.05) is 6.61 Å². The van der Waals surface area contributed by atoms with Crippen molar-refractivity contribution in [2.24, 2.45) is 15.0 Å². The number of amidine groups is 3. The molecular weight excluding hydrogens is 254 g/mol. The highest BCUT2D eigenvalue weighted by Crippen LogP contribution is 2.26. The van der Waals surface area contributed by atoms with E-state index >= 15 is 0 Å². The van der Waals surface area contributed by atoms with Crippen molar-refractivity contribution in [3.63, 3.8) is 0 Å². The van der Waals surface area contributed by atoms with Gasteiger partial charge in [-0.2, -0.15) is 0 Å². The van der Waals surface area contributed by atoms with Gasteiger partial charge in [-0.1, -0.05) is 0 Å². The molecule has 3 rings (SSSR count). The molecule has 0 saturated carbocycles. The number of rotatable bonds is 2. The molecule has 3 aliphatic heterocycles. The molecule has 0 aliphatic carbocycles. The van der Waals surface area contributed by atoms with Crippen LogP contribution in [-0.4, -0.2) is 81.7 Å². The fourth-order valence-corrected chi connectivity index (χ4v) is 2.07. The molecule has 9 nitrogen and oxygen atoms in total. The minimum Gasteiger partial charge on any atom is -0.394 e. The quantitative estimate of drug-likeness (QED) is 0.442. The molecular formula is C10H13N5O4. The summed E-state index contributed by atoms with van der Waals surface area (Å²) in [5.41, 5.74) is 0. The summed E-state index contributed by atoms with van der Waals surface area (Å²) in [6, 6.07) is -1.96. The summed E-state index contributed by atoms with van der Waals surface area (Å²) in [5, 5.41) is 36.5. The van der Waals surface area contributed by atoms with Gasteiger partial charge in [0.1, 0.15) is 31.9 Å². The fourth-order valence-electron chi connectivity index (χ4n) is 2.07. The molecule has 3 heterocycles. The molecule has 0 aromatic carbocycles. The standard InChI is InChI=1S/C10H13N5O4/c11-8-5-9(13-2-12-8)15(3-14-5)10-7(18)6(17)4(1-16)19-10/h2-7,10-11,16-18H,1H2/t4-,5?,6-,7-,10-/m1/s1/i3T,5T. The molecule has 0 aromatic heterocycles. The van der Waals surface area contributed by atoms with Gasteiger partial charge in [0, 0.05) is 0 Å². The van der Waals surface area contributed by atoms with Gasteiger partial charge in [-0.05, 0) is 0 Å². The maximum absolute atomic E-state index is 10.0. The van der Waals surface area contributed by atoms with Gasteiger partial charge in [0.15, 0.2) is 18.1 Å². The first kappa shape index (κ1) is 10.1. The van der Waals surface area contributed by atoms with Gasteiger partial charge in [0.25, 0.3) is 0 Å². The third-order valence-corrected chi connectivity index (χ3v) is 3.07. The largest absolute Gasteiger partial charge is 0.394 e. The number of nitrogens with zero attached hydrogens (tertiary/aromatic N) is 4. The molecule has 5 atom stereocenters. The number of ether oxygens (including phenoxy) is 1. The Labute approximate surface area is 110 Å². The van der Waals surface area contributed by atoms with E-state index in [1.807, 2.05) is 0 Å². The molecule has 0 radical (unpaired) electrons. The molecule has 3 aliphatic rings. The topological polar surface area (TPSA) is 134 Å². The van der Waals surface area contributed by atoms with Gasteiger partial charge in [-0.3, -0.25) is 15.3 Å². The van der Waals surface area contributed by atoms with Crippen LogP contribution in [0.25, 0.3) is 0 Å². The number of nitrogens with one attached hydrogen (secondary N) is 1. The van der Waals surface area contributed by atoms with Crippen molar-refractivity contribution in [1.82, 2.24) is 4.90 Å². The summed E-state index contributed by atoms with van der Waals surface area (Å²) in [7, 11) is 0. The van der Waals surface area contributed by atoms with Crippen LogP contribution < -0.4 is 0 Å². The highest BCUT2D eigenvalue weighted by atomic mass is 16.6. The van der Waals surface area contributed by atoms with Gasteiger partial charge in [0.05, 0.1) is 14.3 Å². The number of hydrogen-bond acceptors (Lipinski definition) is 8. The first-order valence-electron chi connectivity index (χ1n) is 6.58. The second-order valence-corrected chi connectivity index (χ2v) is 4.21. The highest BCUT2D eigenvalue weighted by Gasteiger charge is 2.48. The Hall–Kier alpha value is -1.68. The van der Waals surface area contributed by atoms with E-state index in [0.29, 0.717) is 0 Å². The monoisotopic (exact) mass is 271 g/mol. The average Bonchev–Trinajstić information content (AvgIpc) is 2.87. The van der Waals surface area contributed by atoms with Gasteiger partial charge in [-0.25, -0.2) is 9.98 Å². The SMILES string of the molecule is [3H]C1=NC2([3H])C(=N)N=CN=C2N1[C@@H]1O[C@H](CO)[C@@H](O)[C@H]1O. The minimum absolute atomic E-state index is 0.109. The smallest absolute Gasteiger partial charge is 0.168 e. The highest BCUT2D eigenvalue weighted by molar-refractivity contribution is 6.20. The Balaban J connectivity index is 1.97. The van der Waals surface area contributed by atoms with E-state index in [2.05, 4.69) is 15.0 Å². The third kappa shape index (κ3) is 1.78. The van der Waals surface area contributed by atoms with Crippen LogP contribution in [0.15, 0.2) is 15.0 Å². The van der Waals surface area contributed by atoms with E-state index in [1.54, 1.807) is 0 Å². The molecule has 4 N–H and O–H groups in total. The van der Waals surface area contributed by atoms with Crippen LogP contribution in [0.3, 0.4) is 0 Å². The van der Waals surface area contributed by atoms with E-state index in [0.717, 1.165) is 11.2 Å². The lowest BCUT2D eigenvalue weighted by Crippen LogP contribution is -2.48. The Morgan fingerprint density at radius 1 is 1.53 bits per heavy atom. The summed E-state index contributed by atoms with van der Waals surface area (Å²) in [5.74, 6) is -0.520. The first-order chi connectivity index (χ1) is 9.90. The van der Waals surface area contributed by atoms with Crippen LogP contribution in [0.4, 0.5) is 0 Å². The Morgan fingerprint density at radius 2 is 2.32 bits per heavy atom. The van der Waals surface area contributed by atoms with E-state index in [-0.39, 0.29) is 5.84 Å². The molecule has 0 spiro atoms. The van der Waals surface area contributed by atoms with Crippen molar-refractivity contribution in [3.05, 3.63) is 0 Å². The number of hydrogen-bond donors (Lipinski definition) is 4. The summed E-state index contributed by atoms with van der Waals surface area (Å²) in [6.45, 7) is -0.511. The van der Waals surface area contributed by atoms with Crippen LogP contribution in [0, 0.1) is 5.41 Å². The molecule has 19 heavy (non-hydrogen) atoms. The Morgan fingerprint density at radius 3 is 3.00 bits per heavy atom. The zero-order chi connectivity index (χ0) is 15.4. The van der Waals surface area contributed by atoms with Gasteiger partial charge < -0.3 is 20.1 Å². The maximum Gasteiger partial charge on any atom is 0.168 e. The predicted octanol–water partition coefficient (Wildman–Crippen LogP) is -2.44. The minimum atomic E-state index is -1.96. The van der Waals surface area contributed by atoms with Gasteiger partial charge in [0.2, 0.25) is 0 Å². The predicted molar refractivity (Wildman–Crippen MR) is 65.5 cm³/mol. The summed E-state index contributed by atoms with van der Waals surface area (Å²) >= 11 is 0. The zero-order valence-electron chi connectivity index (χ0n) is 11.6. The third-order valence-electron chi connectivity index (χ3n) is 3.07. The molecule has 9 heteroatoms. The van der Waals surface area contributed by atoms with Crippen LogP contribution in [0.5, 0.6) is 0 Å². The molecule has 1 fully saturated rings. The van der Waals surface area contributed by atoms with Crippen LogP contribution in [0.2, 0.25) is 0 Å². The van der Waals surface area contributed by atoms with Gasteiger partial charge >= 0.3 is 0 Å². The van der Waals surface area contributed by atoms with E-state index in [9.17, 15) is 10.2 Å². The van der Waals surface area contributed by atoms with E-state index in [4.69, 9.17) is 18.0 Å². The molecule has 0 bridgehead atoms. The summed E-state index contributed by atoms with van der Waals surface area (Å²) < 4.78 is 21.3. The van der Waals surface area contributed by atoms with E-state index < -0.39 is 49.3 Å². The van der Waals surface area contributed by atoms with Crippen molar-refractivity contribution in [3.8, 4) is 0 Å². The number of aliphatic imine (C=N–C) groups is 3. The van der Waals surface area contributed by atoms with Crippen molar-refractivity contribution in [2.45, 2.75) is 30.6 Å². The molecule has 102 valence electrons. The van der Waals surface area contributed by atoms with Crippen LogP contribution >= 0.6 is 0 Å². The van der Waals surface area contributed by atoms with Crippen molar-refractivity contribution in [1.29, 1.82) is 5.41 Å². The summed E-state index contributed by atoms with van der Waals surface area (Å²) in [4.78, 5) is 12.2. The molecule has 1 unspecified atom stereocenters. The Kier molecular flexibility index (Phi) is 2.38. The van der Waals surface area contributed by atoms with Crippen molar-refractivity contribution >= 4 is 24.3 Å².